The molecule has 1 aromatic carbocycles. The van der Waals surface area contributed by atoms with Crippen molar-refractivity contribution in [1.82, 2.24) is 9.62 Å². The first-order chi connectivity index (χ1) is 13.3. The van der Waals surface area contributed by atoms with Crippen LogP contribution in [0.3, 0.4) is 0 Å². The van der Waals surface area contributed by atoms with E-state index < -0.39 is 15.8 Å². The van der Waals surface area contributed by atoms with Crippen molar-refractivity contribution in [2.24, 2.45) is 5.92 Å². The average molecular weight is 413 g/mol. The molecule has 0 unspecified atom stereocenters. The van der Waals surface area contributed by atoms with Gasteiger partial charge in [-0.2, -0.15) is 4.31 Å². The second-order valence-corrected chi connectivity index (χ2v) is 10.1. The van der Waals surface area contributed by atoms with Crippen LogP contribution in [0.15, 0.2) is 29.2 Å². The third-order valence-corrected chi connectivity index (χ3v) is 8.17. The van der Waals surface area contributed by atoms with Gasteiger partial charge in [-0.1, -0.05) is 19.8 Å². The fraction of sp³-hybridized carbons (Fsp3) is 0.650. The van der Waals surface area contributed by atoms with Gasteiger partial charge in [-0.25, -0.2) is 12.8 Å². The van der Waals surface area contributed by atoms with Crippen molar-refractivity contribution < 1.29 is 22.5 Å². The maximum absolute atomic E-state index is 13.1. The number of sulfonamides is 1. The highest BCUT2D eigenvalue weighted by atomic mass is 32.2. The molecule has 1 aromatic rings. The van der Waals surface area contributed by atoms with E-state index in [1.165, 1.54) is 22.9 Å². The number of benzene rings is 1. The van der Waals surface area contributed by atoms with Gasteiger partial charge in [0.05, 0.1) is 31.1 Å². The standard InChI is InChI=1S/C20H30FN3O3S/c1-15-5-3-4-6-19(15)22-20(25)16(2)23-11-13-24(14-12-23)28(26,27)18-9-7-17(21)8-10-18/h7-10,15-16,19H,3-6,11-14H2,1-2H3,(H,22,25)/p+1/t15-,16+,19+/m0/s1. The number of rotatable bonds is 5. The third kappa shape index (κ3) is 4.72. The van der Waals surface area contributed by atoms with E-state index in [1.54, 1.807) is 0 Å². The van der Waals surface area contributed by atoms with Gasteiger partial charge in [0.1, 0.15) is 5.82 Å². The Morgan fingerprint density at radius 2 is 1.79 bits per heavy atom. The summed E-state index contributed by atoms with van der Waals surface area (Å²) in [5.74, 6) is 0.113. The number of hydrogen-bond acceptors (Lipinski definition) is 3. The number of quaternary nitrogens is 1. The Labute approximate surface area is 167 Å². The third-order valence-electron chi connectivity index (χ3n) is 6.26. The van der Waals surface area contributed by atoms with Crippen LogP contribution >= 0.6 is 0 Å². The Morgan fingerprint density at radius 3 is 2.39 bits per heavy atom. The van der Waals surface area contributed by atoms with E-state index in [1.807, 2.05) is 6.92 Å². The van der Waals surface area contributed by atoms with E-state index in [4.69, 9.17) is 0 Å². The highest BCUT2D eigenvalue weighted by Crippen LogP contribution is 2.23. The molecule has 0 spiro atoms. The van der Waals surface area contributed by atoms with Gasteiger partial charge in [0.2, 0.25) is 10.0 Å². The number of nitrogens with zero attached hydrogens (tertiary/aromatic N) is 1. The topological polar surface area (TPSA) is 70.9 Å². The van der Waals surface area contributed by atoms with E-state index in [-0.39, 0.29) is 22.9 Å². The number of nitrogens with one attached hydrogen (secondary N) is 2. The Bertz CT molecular complexity index is 776. The van der Waals surface area contributed by atoms with Crippen LogP contribution in [0.1, 0.15) is 39.5 Å². The average Bonchev–Trinajstić information content (AvgIpc) is 2.69. The first kappa shape index (κ1) is 21.2. The summed E-state index contributed by atoms with van der Waals surface area (Å²) in [6.07, 6.45) is 4.60. The maximum atomic E-state index is 13.1. The molecule has 156 valence electrons. The summed E-state index contributed by atoms with van der Waals surface area (Å²) in [7, 11) is -3.63. The fourth-order valence-corrected chi connectivity index (χ4v) is 5.67. The normalized spacial score (nSPS) is 26.0. The van der Waals surface area contributed by atoms with Gasteiger partial charge in [-0.15, -0.1) is 0 Å². The van der Waals surface area contributed by atoms with Gasteiger partial charge < -0.3 is 10.2 Å². The number of amides is 1. The molecule has 1 heterocycles. The molecule has 2 aliphatic rings. The Kier molecular flexibility index (Phi) is 6.73. The SMILES string of the molecule is C[C@H](C(=O)N[C@@H]1CCCC[C@@H]1C)[NH+]1CCN(S(=O)(=O)c2ccc(F)cc2)CC1. The molecular formula is C20H31FN3O3S+. The van der Waals surface area contributed by atoms with E-state index in [2.05, 4.69) is 12.2 Å². The largest absolute Gasteiger partial charge is 0.348 e. The summed E-state index contributed by atoms with van der Waals surface area (Å²) in [5, 5.41) is 3.21. The number of hydrogen-bond donors (Lipinski definition) is 2. The van der Waals surface area contributed by atoms with Gasteiger partial charge in [-0.3, -0.25) is 4.79 Å². The van der Waals surface area contributed by atoms with Crippen molar-refractivity contribution >= 4 is 15.9 Å². The van der Waals surface area contributed by atoms with E-state index in [0.29, 0.717) is 32.1 Å². The second-order valence-electron chi connectivity index (χ2n) is 8.11. The molecule has 1 saturated heterocycles. The summed E-state index contributed by atoms with van der Waals surface area (Å²) in [6.45, 7) is 5.98. The lowest BCUT2D eigenvalue weighted by atomic mass is 9.86. The van der Waals surface area contributed by atoms with Gasteiger partial charge in [0, 0.05) is 6.04 Å². The molecule has 6 nitrogen and oxygen atoms in total. The minimum atomic E-state index is -3.63. The Morgan fingerprint density at radius 1 is 1.18 bits per heavy atom. The first-order valence-corrected chi connectivity index (χ1v) is 11.6. The molecule has 1 aliphatic carbocycles. The van der Waals surface area contributed by atoms with Crippen molar-refractivity contribution in [3.05, 3.63) is 30.1 Å². The van der Waals surface area contributed by atoms with E-state index in [0.717, 1.165) is 36.3 Å². The Balaban J connectivity index is 1.55. The molecule has 0 radical (unpaired) electrons. The predicted molar refractivity (Wildman–Crippen MR) is 105 cm³/mol. The maximum Gasteiger partial charge on any atom is 0.278 e. The van der Waals surface area contributed by atoms with Gasteiger partial charge in [0.15, 0.2) is 6.04 Å². The highest BCUT2D eigenvalue weighted by molar-refractivity contribution is 7.89. The quantitative estimate of drug-likeness (QED) is 0.752. The fourth-order valence-electron chi connectivity index (χ4n) is 4.23. The summed E-state index contributed by atoms with van der Waals surface area (Å²) in [6, 6.07) is 4.96. The van der Waals surface area contributed by atoms with E-state index in [9.17, 15) is 17.6 Å². The van der Waals surface area contributed by atoms with Crippen LogP contribution in [0.5, 0.6) is 0 Å². The van der Waals surface area contributed by atoms with Crippen LogP contribution in [0.2, 0.25) is 0 Å². The first-order valence-electron chi connectivity index (χ1n) is 10.2. The zero-order valence-corrected chi connectivity index (χ0v) is 17.5. The van der Waals surface area contributed by atoms with Crippen molar-refractivity contribution in [2.45, 2.75) is 56.5 Å². The summed E-state index contributed by atoms with van der Waals surface area (Å²) < 4.78 is 39.9. The molecule has 8 heteroatoms. The molecule has 0 aromatic heterocycles. The van der Waals surface area contributed by atoms with Crippen LogP contribution in [-0.4, -0.2) is 56.9 Å². The van der Waals surface area contributed by atoms with Crippen LogP contribution in [-0.2, 0) is 14.8 Å². The predicted octanol–water partition coefficient (Wildman–Crippen LogP) is 0.798. The second kappa shape index (κ2) is 8.88. The minimum absolute atomic E-state index is 0.0589. The van der Waals surface area contributed by atoms with E-state index >= 15 is 0 Å². The van der Waals surface area contributed by atoms with Crippen LogP contribution in [0.4, 0.5) is 4.39 Å². The molecule has 0 bridgehead atoms. The number of halogens is 1. The zero-order chi connectivity index (χ0) is 20.3. The molecule has 1 aliphatic heterocycles. The van der Waals surface area contributed by atoms with Crippen molar-refractivity contribution in [3.8, 4) is 0 Å². The summed E-state index contributed by atoms with van der Waals surface area (Å²) in [4.78, 5) is 13.9. The lowest BCUT2D eigenvalue weighted by Crippen LogP contribution is -3.19. The van der Waals surface area contributed by atoms with Crippen molar-refractivity contribution in [1.29, 1.82) is 0 Å². The molecule has 28 heavy (non-hydrogen) atoms. The number of carbonyl (C=O) groups is 1. The molecule has 3 rings (SSSR count). The zero-order valence-electron chi connectivity index (χ0n) is 16.7. The van der Waals surface area contributed by atoms with Crippen LogP contribution in [0, 0.1) is 11.7 Å². The summed E-state index contributed by atoms with van der Waals surface area (Å²) in [5.41, 5.74) is 0. The van der Waals surface area contributed by atoms with Gasteiger partial charge >= 0.3 is 0 Å². The molecular weight excluding hydrogens is 381 g/mol. The molecule has 1 saturated carbocycles. The van der Waals surface area contributed by atoms with Crippen molar-refractivity contribution in [3.63, 3.8) is 0 Å². The molecule has 2 fully saturated rings. The summed E-state index contributed by atoms with van der Waals surface area (Å²) >= 11 is 0. The molecule has 1 amide bonds. The highest BCUT2D eigenvalue weighted by Gasteiger charge is 2.35. The van der Waals surface area contributed by atoms with Gasteiger partial charge in [-0.05, 0) is 49.9 Å². The van der Waals surface area contributed by atoms with Crippen molar-refractivity contribution in [2.75, 3.05) is 26.2 Å². The molecule has 2 N–H and O–H groups in total. The lowest BCUT2D eigenvalue weighted by molar-refractivity contribution is -0.917. The van der Waals surface area contributed by atoms with Crippen LogP contribution in [0.25, 0.3) is 0 Å². The van der Waals surface area contributed by atoms with Gasteiger partial charge in [0.25, 0.3) is 5.91 Å². The molecule has 3 atom stereocenters. The Hall–Kier alpha value is -1.51. The number of carbonyl (C=O) groups excluding carboxylic acids is 1. The lowest BCUT2D eigenvalue weighted by Gasteiger charge is -2.35. The smallest absolute Gasteiger partial charge is 0.278 e. The number of piperazine rings is 1. The monoisotopic (exact) mass is 412 g/mol. The van der Waals surface area contributed by atoms with Crippen LogP contribution < -0.4 is 10.2 Å². The minimum Gasteiger partial charge on any atom is -0.348 e.